The molecule has 0 radical (unpaired) electrons. The smallest absolute Gasteiger partial charge is 0.0700 e. The zero-order valence-corrected chi connectivity index (χ0v) is 12.0. The molecule has 4 nitrogen and oxygen atoms in total. The van der Waals surface area contributed by atoms with E-state index in [1.165, 1.54) is 12.8 Å². The molecule has 0 spiro atoms. The molecule has 0 aromatic heterocycles. The van der Waals surface area contributed by atoms with E-state index >= 15 is 0 Å². The molecule has 0 bridgehead atoms. The fourth-order valence-corrected chi connectivity index (χ4v) is 2.97. The minimum absolute atomic E-state index is 0.356. The van der Waals surface area contributed by atoms with Gasteiger partial charge >= 0.3 is 0 Å². The van der Waals surface area contributed by atoms with E-state index in [-0.39, 0.29) is 0 Å². The highest BCUT2D eigenvalue weighted by Gasteiger charge is 2.25. The topological polar surface area (TPSA) is 33.7 Å². The van der Waals surface area contributed by atoms with Crippen molar-refractivity contribution in [1.82, 2.24) is 10.2 Å². The normalized spacial score (nSPS) is 35.8. The number of hydrogen-bond acceptors (Lipinski definition) is 4. The minimum atomic E-state index is 0.356. The van der Waals surface area contributed by atoms with Crippen LogP contribution in [-0.2, 0) is 9.47 Å². The van der Waals surface area contributed by atoms with Gasteiger partial charge in [0.05, 0.1) is 18.3 Å². The van der Waals surface area contributed by atoms with E-state index in [9.17, 15) is 0 Å². The minimum Gasteiger partial charge on any atom is -0.377 e. The van der Waals surface area contributed by atoms with Gasteiger partial charge in [-0.3, -0.25) is 4.90 Å². The average molecular weight is 256 g/mol. The fourth-order valence-electron chi connectivity index (χ4n) is 2.97. The lowest BCUT2D eigenvalue weighted by Gasteiger charge is -2.39. The first-order valence-corrected chi connectivity index (χ1v) is 7.37. The molecule has 2 aliphatic heterocycles. The fraction of sp³-hybridized carbons (Fsp3) is 1.00. The van der Waals surface area contributed by atoms with Gasteiger partial charge in [-0.15, -0.1) is 0 Å². The summed E-state index contributed by atoms with van der Waals surface area (Å²) in [7, 11) is 0. The van der Waals surface area contributed by atoms with E-state index in [1.54, 1.807) is 0 Å². The molecule has 4 atom stereocenters. The third-order valence-electron chi connectivity index (χ3n) is 3.91. The van der Waals surface area contributed by atoms with Crippen LogP contribution in [0.15, 0.2) is 0 Å². The molecule has 2 fully saturated rings. The van der Waals surface area contributed by atoms with E-state index < -0.39 is 0 Å². The van der Waals surface area contributed by atoms with Gasteiger partial charge in [0.25, 0.3) is 0 Å². The predicted octanol–water partition coefficient (Wildman–Crippen LogP) is 1.25. The summed E-state index contributed by atoms with van der Waals surface area (Å²) < 4.78 is 11.4. The van der Waals surface area contributed by atoms with Gasteiger partial charge in [0, 0.05) is 38.8 Å². The molecule has 0 amide bonds. The van der Waals surface area contributed by atoms with Gasteiger partial charge in [-0.2, -0.15) is 0 Å². The summed E-state index contributed by atoms with van der Waals surface area (Å²) in [5, 5.41) is 3.55. The molecule has 0 saturated carbocycles. The van der Waals surface area contributed by atoms with E-state index in [2.05, 4.69) is 31.0 Å². The molecule has 2 heterocycles. The Morgan fingerprint density at radius 3 is 2.61 bits per heavy atom. The first-order chi connectivity index (χ1) is 8.65. The molecular weight excluding hydrogens is 228 g/mol. The summed E-state index contributed by atoms with van der Waals surface area (Å²) in [6, 6.07) is 0.570. The molecule has 1 N–H and O–H groups in total. The highest BCUT2D eigenvalue weighted by atomic mass is 16.5. The lowest BCUT2D eigenvalue weighted by Crippen LogP contribution is -2.52. The molecule has 106 valence electrons. The maximum absolute atomic E-state index is 5.77. The van der Waals surface area contributed by atoms with Crippen molar-refractivity contribution >= 4 is 0 Å². The second kappa shape index (κ2) is 6.85. The van der Waals surface area contributed by atoms with Crippen molar-refractivity contribution in [1.29, 1.82) is 0 Å². The zero-order valence-electron chi connectivity index (χ0n) is 12.0. The van der Waals surface area contributed by atoms with E-state index in [0.717, 1.165) is 32.8 Å². The van der Waals surface area contributed by atoms with E-state index in [0.29, 0.717) is 24.4 Å². The molecule has 0 aliphatic carbocycles. The van der Waals surface area contributed by atoms with Crippen LogP contribution in [-0.4, -0.2) is 62.0 Å². The zero-order chi connectivity index (χ0) is 13.0. The van der Waals surface area contributed by atoms with Gasteiger partial charge in [0.2, 0.25) is 0 Å². The maximum atomic E-state index is 5.77. The monoisotopic (exact) mass is 256 g/mol. The molecule has 2 unspecified atom stereocenters. The Labute approximate surface area is 111 Å². The van der Waals surface area contributed by atoms with Crippen LogP contribution in [0.25, 0.3) is 0 Å². The second-order valence-corrected chi connectivity index (χ2v) is 5.85. The van der Waals surface area contributed by atoms with Crippen LogP contribution in [0.2, 0.25) is 0 Å². The van der Waals surface area contributed by atoms with Gasteiger partial charge in [-0.1, -0.05) is 0 Å². The highest BCUT2D eigenvalue weighted by molar-refractivity contribution is 4.79. The van der Waals surface area contributed by atoms with E-state index in [4.69, 9.17) is 9.47 Å². The summed E-state index contributed by atoms with van der Waals surface area (Å²) in [6.07, 6.45) is 3.59. The summed E-state index contributed by atoms with van der Waals surface area (Å²) in [5.74, 6) is 0. The SMILES string of the molecule is CC(CNCC1CCCO1)N1C[C@@H](C)O[C@@H](C)C1. The molecule has 0 aromatic carbocycles. The molecule has 18 heavy (non-hydrogen) atoms. The third kappa shape index (κ3) is 4.19. The summed E-state index contributed by atoms with van der Waals surface area (Å²) >= 11 is 0. The maximum Gasteiger partial charge on any atom is 0.0700 e. The Bertz CT molecular complexity index is 234. The van der Waals surface area contributed by atoms with Crippen molar-refractivity contribution in [3.05, 3.63) is 0 Å². The van der Waals surface area contributed by atoms with Crippen LogP contribution in [0.3, 0.4) is 0 Å². The van der Waals surface area contributed by atoms with Crippen molar-refractivity contribution in [2.75, 3.05) is 32.8 Å². The van der Waals surface area contributed by atoms with Gasteiger partial charge in [-0.05, 0) is 33.6 Å². The van der Waals surface area contributed by atoms with Crippen LogP contribution in [0.4, 0.5) is 0 Å². The van der Waals surface area contributed by atoms with E-state index in [1.807, 2.05) is 0 Å². The van der Waals surface area contributed by atoms with Crippen LogP contribution in [0.1, 0.15) is 33.6 Å². The number of nitrogens with zero attached hydrogens (tertiary/aromatic N) is 1. The number of morpholine rings is 1. The van der Waals surface area contributed by atoms with Gasteiger partial charge in [-0.25, -0.2) is 0 Å². The van der Waals surface area contributed by atoms with Gasteiger partial charge in [0.1, 0.15) is 0 Å². The first kappa shape index (κ1) is 14.3. The second-order valence-electron chi connectivity index (χ2n) is 5.85. The van der Waals surface area contributed by atoms with Crippen LogP contribution in [0.5, 0.6) is 0 Å². The molecule has 2 saturated heterocycles. The molecule has 4 heteroatoms. The van der Waals surface area contributed by atoms with Crippen molar-refractivity contribution in [3.63, 3.8) is 0 Å². The number of ether oxygens (including phenoxy) is 2. The Morgan fingerprint density at radius 1 is 1.28 bits per heavy atom. The van der Waals surface area contributed by atoms with Gasteiger partial charge < -0.3 is 14.8 Å². The summed E-state index contributed by atoms with van der Waals surface area (Å²) in [4.78, 5) is 2.53. The summed E-state index contributed by atoms with van der Waals surface area (Å²) in [6.45, 7) is 11.7. The highest BCUT2D eigenvalue weighted by Crippen LogP contribution is 2.14. The van der Waals surface area contributed by atoms with Crippen molar-refractivity contribution in [3.8, 4) is 0 Å². The van der Waals surface area contributed by atoms with Crippen molar-refractivity contribution < 1.29 is 9.47 Å². The molecule has 2 rings (SSSR count). The number of nitrogens with one attached hydrogen (secondary N) is 1. The Hall–Kier alpha value is -0.160. The lowest BCUT2D eigenvalue weighted by molar-refractivity contribution is -0.0782. The number of hydrogen-bond donors (Lipinski definition) is 1. The Kier molecular flexibility index (Phi) is 5.42. The molecule has 2 aliphatic rings. The predicted molar refractivity (Wildman–Crippen MR) is 72.9 cm³/mol. The van der Waals surface area contributed by atoms with Crippen LogP contribution in [0, 0.1) is 0 Å². The average Bonchev–Trinajstić information content (AvgIpc) is 2.80. The number of rotatable bonds is 5. The van der Waals surface area contributed by atoms with Crippen molar-refractivity contribution in [2.24, 2.45) is 0 Å². The lowest BCUT2D eigenvalue weighted by atomic mass is 10.1. The Morgan fingerprint density at radius 2 is 2.00 bits per heavy atom. The van der Waals surface area contributed by atoms with Crippen LogP contribution >= 0.6 is 0 Å². The largest absolute Gasteiger partial charge is 0.377 e. The van der Waals surface area contributed by atoms with Crippen molar-refractivity contribution in [2.45, 2.75) is 58.0 Å². The van der Waals surface area contributed by atoms with Gasteiger partial charge in [0.15, 0.2) is 0 Å². The molecule has 0 aromatic rings. The molecular formula is C14H28N2O2. The Balaban J connectivity index is 1.65. The first-order valence-electron chi connectivity index (χ1n) is 7.37. The third-order valence-corrected chi connectivity index (χ3v) is 3.91. The quantitative estimate of drug-likeness (QED) is 0.803. The van der Waals surface area contributed by atoms with Crippen LogP contribution < -0.4 is 5.32 Å². The standard InChI is InChI=1S/C14H28N2O2/c1-11(7-15-8-14-5-4-6-17-14)16-9-12(2)18-13(3)10-16/h11-15H,4-10H2,1-3H3/t11?,12-,13+,14?. The summed E-state index contributed by atoms with van der Waals surface area (Å²) in [5.41, 5.74) is 0.